The molecule has 20 heavy (non-hydrogen) atoms. The van der Waals surface area contributed by atoms with Gasteiger partial charge < -0.3 is 0 Å². The molecule has 2 N–H and O–H groups in total. The molecule has 0 aromatic rings. The molecule has 0 unspecified atom stereocenters. The lowest BCUT2D eigenvalue weighted by Gasteiger charge is -1.90. The second-order valence-electron chi connectivity index (χ2n) is 3.77. The van der Waals surface area contributed by atoms with Gasteiger partial charge in [-0.25, -0.2) is 20.4 Å². The van der Waals surface area contributed by atoms with Gasteiger partial charge in [-0.2, -0.15) is 25.3 Å². The highest BCUT2D eigenvalue weighted by molar-refractivity contribution is 7.80. The molecule has 0 saturated carbocycles. The zero-order valence-electron chi connectivity index (χ0n) is 12.8. The van der Waals surface area contributed by atoms with E-state index < -0.39 is 0 Å². The third kappa shape index (κ3) is 85.0. The first-order valence-electron chi connectivity index (χ1n) is 6.95. The van der Waals surface area contributed by atoms with Gasteiger partial charge in [0.25, 0.3) is 0 Å². The van der Waals surface area contributed by atoms with E-state index in [0.717, 1.165) is 23.7 Å². The number of hydrogen-bond acceptors (Lipinski definition) is 6. The number of isocyanates is 2. The molecule has 0 aliphatic rings. The van der Waals surface area contributed by atoms with E-state index in [1.807, 2.05) is 0 Å². The monoisotopic (exact) mass is 322 g/mol. The number of carbonyl (C=O) groups excluding carboxylic acids is 2. The van der Waals surface area contributed by atoms with Crippen LogP contribution < -0.4 is 0 Å². The van der Waals surface area contributed by atoms with Gasteiger partial charge in [-0.05, 0) is 24.3 Å². The van der Waals surface area contributed by atoms with Crippen molar-refractivity contribution in [1.29, 1.82) is 10.8 Å². The van der Waals surface area contributed by atoms with Gasteiger partial charge in [-0.1, -0.05) is 52.4 Å². The predicted molar refractivity (Wildman–Crippen MR) is 92.8 cm³/mol. The van der Waals surface area contributed by atoms with Crippen LogP contribution in [0.4, 0.5) is 0 Å². The zero-order chi connectivity index (χ0) is 16.5. The lowest BCUT2D eigenvalue weighted by atomic mass is 10.2. The molecule has 0 amide bonds. The molecule has 0 aromatic carbocycles. The van der Waals surface area contributed by atoms with Gasteiger partial charge in [0, 0.05) is 0 Å². The van der Waals surface area contributed by atoms with Crippen LogP contribution in [0.1, 0.15) is 65.2 Å². The molecule has 0 heterocycles. The van der Waals surface area contributed by atoms with Crippen molar-refractivity contribution in [2.45, 2.75) is 65.2 Å². The summed E-state index contributed by atoms with van der Waals surface area (Å²) in [6.45, 7) is 4.44. The Labute approximate surface area is 135 Å². The van der Waals surface area contributed by atoms with Crippen LogP contribution in [0.5, 0.6) is 0 Å². The maximum absolute atomic E-state index is 8.35. The van der Waals surface area contributed by atoms with E-state index in [-0.39, 0.29) is 0 Å². The van der Waals surface area contributed by atoms with E-state index >= 15 is 0 Å². The van der Waals surface area contributed by atoms with Crippen molar-refractivity contribution in [3.05, 3.63) is 0 Å². The average Bonchev–Trinajstić information content (AvgIpc) is 2.43. The van der Waals surface area contributed by atoms with Gasteiger partial charge in [-0.15, -0.1) is 0 Å². The van der Waals surface area contributed by atoms with Gasteiger partial charge in [0.15, 0.2) is 0 Å². The van der Waals surface area contributed by atoms with Crippen LogP contribution in [0.3, 0.4) is 0 Å². The number of rotatable bonds is 8. The summed E-state index contributed by atoms with van der Waals surface area (Å²) in [6.07, 6.45) is 12.2. The molecule has 0 rings (SSSR count). The SMILES string of the molecule is CCCCCCS.CCCCCCS.N=C=O.N=C=O. The molecule has 4 nitrogen and oxygen atoms in total. The quantitative estimate of drug-likeness (QED) is 0.224. The zero-order valence-corrected chi connectivity index (χ0v) is 14.6. The van der Waals surface area contributed by atoms with Crippen molar-refractivity contribution in [3.63, 3.8) is 0 Å². The summed E-state index contributed by atoms with van der Waals surface area (Å²) in [5, 5.41) is 10.8. The van der Waals surface area contributed by atoms with Gasteiger partial charge in [0.1, 0.15) is 0 Å². The summed E-state index contributed by atoms with van der Waals surface area (Å²) >= 11 is 8.19. The van der Waals surface area contributed by atoms with Crippen LogP contribution >= 0.6 is 25.3 Å². The molecule has 0 aliphatic carbocycles. The van der Waals surface area contributed by atoms with Crippen LogP contribution in [0.25, 0.3) is 0 Å². The molecular formula is C14H30N2O2S2. The first-order chi connectivity index (χ1) is 9.66. The van der Waals surface area contributed by atoms with Crippen molar-refractivity contribution in [3.8, 4) is 0 Å². The summed E-state index contributed by atoms with van der Waals surface area (Å²) in [7, 11) is 0. The van der Waals surface area contributed by atoms with Crippen LogP contribution in [0.15, 0.2) is 0 Å². The molecule has 120 valence electrons. The average molecular weight is 323 g/mol. The van der Waals surface area contributed by atoms with E-state index in [1.165, 1.54) is 51.4 Å². The summed E-state index contributed by atoms with van der Waals surface area (Å²) in [6, 6.07) is 0. The summed E-state index contributed by atoms with van der Waals surface area (Å²) in [4.78, 5) is 16.7. The van der Waals surface area contributed by atoms with Crippen LogP contribution in [0.2, 0.25) is 0 Å². The molecule has 0 aromatic heterocycles. The van der Waals surface area contributed by atoms with E-state index in [4.69, 9.17) is 20.4 Å². The summed E-state index contributed by atoms with van der Waals surface area (Å²) in [5.74, 6) is 2.11. The maximum atomic E-state index is 8.35. The standard InChI is InChI=1S/2C6H14S.2CHNO/c2*1-2-3-4-5-6-7;2*2-1-3/h2*7H,2-6H2,1H3;2*2H. The van der Waals surface area contributed by atoms with Gasteiger partial charge in [0.05, 0.1) is 0 Å². The summed E-state index contributed by atoms with van der Waals surface area (Å²) in [5.41, 5.74) is 0. The van der Waals surface area contributed by atoms with Crippen molar-refractivity contribution in [1.82, 2.24) is 0 Å². The molecule has 0 fully saturated rings. The lowest BCUT2D eigenvalue weighted by Crippen LogP contribution is -1.74. The number of nitrogens with one attached hydrogen (secondary N) is 2. The van der Waals surface area contributed by atoms with Crippen LogP contribution in [0, 0.1) is 10.8 Å². The van der Waals surface area contributed by atoms with Crippen molar-refractivity contribution in [2.24, 2.45) is 0 Å². The minimum Gasteiger partial charge on any atom is -0.222 e. The molecule has 0 atom stereocenters. The lowest BCUT2D eigenvalue weighted by molar-refractivity contribution is 0.562. The fraction of sp³-hybridized carbons (Fsp3) is 0.857. The molecule has 0 saturated heterocycles. The van der Waals surface area contributed by atoms with E-state index in [9.17, 15) is 0 Å². The number of thiol groups is 2. The van der Waals surface area contributed by atoms with E-state index in [1.54, 1.807) is 0 Å². The Morgan fingerprint density at radius 2 is 0.950 bits per heavy atom. The highest BCUT2D eigenvalue weighted by atomic mass is 32.1. The molecule has 0 bridgehead atoms. The van der Waals surface area contributed by atoms with Gasteiger partial charge >= 0.3 is 0 Å². The first-order valence-corrected chi connectivity index (χ1v) is 8.22. The third-order valence-electron chi connectivity index (χ3n) is 2.02. The van der Waals surface area contributed by atoms with Crippen molar-refractivity contribution >= 4 is 37.4 Å². The Kier molecular flexibility index (Phi) is 59.4. The minimum absolute atomic E-state index is 0.750. The largest absolute Gasteiger partial charge is 0.231 e. The van der Waals surface area contributed by atoms with Crippen molar-refractivity contribution in [2.75, 3.05) is 11.5 Å². The predicted octanol–water partition coefficient (Wildman–Crippen LogP) is 4.79. The van der Waals surface area contributed by atoms with Gasteiger partial charge in [0.2, 0.25) is 12.2 Å². The highest BCUT2D eigenvalue weighted by Gasteiger charge is 1.81. The second-order valence-corrected chi connectivity index (χ2v) is 4.67. The van der Waals surface area contributed by atoms with E-state index in [2.05, 4.69) is 39.1 Å². The molecule has 0 aliphatic heterocycles. The van der Waals surface area contributed by atoms with Gasteiger partial charge in [-0.3, -0.25) is 0 Å². The smallest absolute Gasteiger partial charge is 0.222 e. The van der Waals surface area contributed by atoms with Crippen LogP contribution in [-0.2, 0) is 9.59 Å². The Morgan fingerprint density at radius 3 is 1.10 bits per heavy atom. The molecular weight excluding hydrogens is 292 g/mol. The Morgan fingerprint density at radius 1 is 0.700 bits per heavy atom. The maximum Gasteiger partial charge on any atom is 0.231 e. The minimum atomic E-state index is 0.750. The van der Waals surface area contributed by atoms with Crippen molar-refractivity contribution < 1.29 is 9.59 Å². The highest BCUT2D eigenvalue weighted by Crippen LogP contribution is 1.99. The molecule has 0 radical (unpaired) electrons. The number of hydrogen-bond donors (Lipinski definition) is 4. The number of unbranched alkanes of at least 4 members (excludes halogenated alkanes) is 6. The Balaban J connectivity index is -0.0000000927. The van der Waals surface area contributed by atoms with Crippen LogP contribution in [-0.4, -0.2) is 23.7 Å². The first kappa shape index (κ1) is 27.7. The summed E-state index contributed by atoms with van der Waals surface area (Å²) < 4.78 is 0. The topological polar surface area (TPSA) is 81.8 Å². The van der Waals surface area contributed by atoms with E-state index in [0.29, 0.717) is 0 Å². The molecule has 6 heteroatoms. The second kappa shape index (κ2) is 42.9. The normalized spacial score (nSPS) is 7.40. The Hall–Kier alpha value is -0.540. The Bertz CT molecular complexity index is 173. The fourth-order valence-corrected chi connectivity index (χ4v) is 1.52. The third-order valence-corrected chi connectivity index (χ3v) is 2.66. The fourth-order valence-electron chi connectivity index (χ4n) is 1.08. The molecule has 0 spiro atoms.